The number of amides is 1. The molecule has 32 heavy (non-hydrogen) atoms. The molecule has 0 spiro atoms. The molecule has 0 aliphatic carbocycles. The van der Waals surface area contributed by atoms with E-state index in [0.29, 0.717) is 24.5 Å². The lowest BCUT2D eigenvalue weighted by atomic mass is 9.94. The quantitative estimate of drug-likeness (QED) is 0.648. The molecule has 0 unspecified atom stereocenters. The minimum absolute atomic E-state index is 0.0200. The van der Waals surface area contributed by atoms with Crippen LogP contribution in [0.3, 0.4) is 0 Å². The van der Waals surface area contributed by atoms with Gasteiger partial charge < -0.3 is 14.6 Å². The molecule has 1 aliphatic heterocycles. The van der Waals surface area contributed by atoms with E-state index in [4.69, 9.17) is 4.74 Å². The number of anilines is 1. The van der Waals surface area contributed by atoms with Crippen LogP contribution in [0, 0.1) is 6.92 Å². The molecule has 166 valence electrons. The van der Waals surface area contributed by atoms with Crippen LogP contribution in [0.25, 0.3) is 11.1 Å². The minimum atomic E-state index is -1.64. The van der Waals surface area contributed by atoms with Crippen LogP contribution in [0.15, 0.2) is 53.6 Å². The lowest BCUT2D eigenvalue weighted by Crippen LogP contribution is -2.33. The summed E-state index contributed by atoms with van der Waals surface area (Å²) in [6.45, 7) is 5.90. The summed E-state index contributed by atoms with van der Waals surface area (Å²) in [5, 5.41) is 2.88. The first-order chi connectivity index (χ1) is 15.1. The Morgan fingerprint density at radius 2 is 1.97 bits per heavy atom. The Kier molecular flexibility index (Phi) is 5.69. The maximum atomic E-state index is 14.2. The van der Waals surface area contributed by atoms with Crippen molar-refractivity contribution >= 4 is 11.6 Å². The van der Waals surface area contributed by atoms with Crippen molar-refractivity contribution < 1.29 is 13.9 Å². The van der Waals surface area contributed by atoms with Crippen LogP contribution in [-0.2, 0) is 17.5 Å². The molecule has 7 heteroatoms. The first-order valence-electron chi connectivity index (χ1n) is 10.5. The van der Waals surface area contributed by atoms with Gasteiger partial charge in [0, 0.05) is 42.2 Å². The highest BCUT2D eigenvalue weighted by Crippen LogP contribution is 2.30. The molecule has 4 rings (SSSR count). The summed E-state index contributed by atoms with van der Waals surface area (Å²) in [6, 6.07) is 10.6. The van der Waals surface area contributed by atoms with E-state index >= 15 is 0 Å². The van der Waals surface area contributed by atoms with Gasteiger partial charge in [0.25, 0.3) is 11.5 Å². The van der Waals surface area contributed by atoms with Crippen molar-refractivity contribution in [2.75, 3.05) is 18.5 Å². The van der Waals surface area contributed by atoms with Gasteiger partial charge in [-0.05, 0) is 67.8 Å². The number of aryl methyl sites for hydroxylation is 2. The van der Waals surface area contributed by atoms with Crippen LogP contribution in [0.4, 0.5) is 10.1 Å². The molecule has 0 radical (unpaired) electrons. The van der Waals surface area contributed by atoms with Gasteiger partial charge in [0.15, 0.2) is 0 Å². The molecule has 2 aromatic heterocycles. The van der Waals surface area contributed by atoms with Crippen molar-refractivity contribution in [1.82, 2.24) is 9.55 Å². The Hall–Kier alpha value is -3.32. The maximum absolute atomic E-state index is 14.2. The van der Waals surface area contributed by atoms with Crippen molar-refractivity contribution in [2.45, 2.75) is 32.4 Å². The van der Waals surface area contributed by atoms with Gasteiger partial charge in [-0.1, -0.05) is 6.07 Å². The molecule has 0 saturated carbocycles. The molecule has 1 fully saturated rings. The van der Waals surface area contributed by atoms with E-state index in [1.165, 1.54) is 26.1 Å². The molecule has 0 bridgehead atoms. The van der Waals surface area contributed by atoms with Gasteiger partial charge in [-0.25, -0.2) is 4.39 Å². The molecular formula is C25H26FN3O3. The topological polar surface area (TPSA) is 73.2 Å². The Morgan fingerprint density at radius 1 is 1.22 bits per heavy atom. The number of nitrogens with one attached hydrogen (secondary N) is 1. The second-order valence-electron chi connectivity index (χ2n) is 8.72. The number of hydrogen-bond acceptors (Lipinski definition) is 4. The number of carbonyl (C=O) groups excluding carboxylic acids is 1. The van der Waals surface area contributed by atoms with Gasteiger partial charge >= 0.3 is 0 Å². The first-order valence-corrected chi connectivity index (χ1v) is 10.5. The van der Waals surface area contributed by atoms with Gasteiger partial charge in [0.1, 0.15) is 5.67 Å². The summed E-state index contributed by atoms with van der Waals surface area (Å²) < 4.78 is 21.1. The largest absolute Gasteiger partial charge is 0.380 e. The van der Waals surface area contributed by atoms with Crippen molar-refractivity contribution in [2.24, 2.45) is 7.05 Å². The summed E-state index contributed by atoms with van der Waals surface area (Å²) in [5.74, 6) is -0.238. The number of hydrogen-bond donors (Lipinski definition) is 1. The number of nitrogens with zero attached hydrogens (tertiary/aromatic N) is 2. The fourth-order valence-corrected chi connectivity index (χ4v) is 3.70. The van der Waals surface area contributed by atoms with E-state index in [0.717, 1.165) is 22.3 Å². The van der Waals surface area contributed by atoms with E-state index in [9.17, 15) is 14.0 Å². The molecule has 1 aliphatic rings. The number of alkyl halides is 1. The number of halogens is 1. The minimum Gasteiger partial charge on any atom is -0.380 e. The summed E-state index contributed by atoms with van der Waals surface area (Å²) >= 11 is 0. The highest BCUT2D eigenvalue weighted by Gasteiger charge is 2.25. The molecule has 3 aromatic rings. The smallest absolute Gasteiger partial charge is 0.255 e. The summed E-state index contributed by atoms with van der Waals surface area (Å²) in [4.78, 5) is 29.4. The third-order valence-electron chi connectivity index (χ3n) is 5.73. The average Bonchev–Trinajstić information content (AvgIpc) is 2.70. The zero-order valence-corrected chi connectivity index (χ0v) is 18.6. The predicted molar refractivity (Wildman–Crippen MR) is 122 cm³/mol. The predicted octanol–water partition coefficient (Wildman–Crippen LogP) is 4.33. The Balaban J connectivity index is 1.65. The van der Waals surface area contributed by atoms with Gasteiger partial charge in [0.2, 0.25) is 0 Å². The van der Waals surface area contributed by atoms with Gasteiger partial charge in [0.05, 0.1) is 18.9 Å². The number of carbonyl (C=O) groups is 1. The van der Waals surface area contributed by atoms with Crippen LogP contribution >= 0.6 is 0 Å². The Bertz CT molecular complexity index is 1240. The van der Waals surface area contributed by atoms with E-state index in [1.54, 1.807) is 23.9 Å². The Morgan fingerprint density at radius 3 is 2.62 bits per heavy atom. The van der Waals surface area contributed by atoms with Crippen molar-refractivity contribution in [3.63, 3.8) is 0 Å². The fourth-order valence-electron chi connectivity index (χ4n) is 3.70. The first kappa shape index (κ1) is 21.9. The number of benzene rings is 1. The van der Waals surface area contributed by atoms with Crippen LogP contribution in [-0.4, -0.2) is 28.7 Å². The van der Waals surface area contributed by atoms with E-state index in [2.05, 4.69) is 10.3 Å². The lowest BCUT2D eigenvalue weighted by molar-refractivity contribution is 0.00775. The van der Waals surface area contributed by atoms with Crippen LogP contribution in [0.2, 0.25) is 0 Å². The van der Waals surface area contributed by atoms with Gasteiger partial charge in [-0.3, -0.25) is 14.6 Å². The number of rotatable bonds is 5. The van der Waals surface area contributed by atoms with E-state index in [-0.39, 0.29) is 23.1 Å². The van der Waals surface area contributed by atoms with Gasteiger partial charge in [-0.15, -0.1) is 0 Å². The molecule has 0 atom stereocenters. The maximum Gasteiger partial charge on any atom is 0.255 e. The summed E-state index contributed by atoms with van der Waals surface area (Å²) in [5.41, 5.74) is 3.05. The van der Waals surface area contributed by atoms with Gasteiger partial charge in [-0.2, -0.15) is 0 Å². The third kappa shape index (κ3) is 4.34. The zero-order chi connectivity index (χ0) is 23.0. The van der Waals surface area contributed by atoms with Crippen LogP contribution in [0.1, 0.15) is 46.9 Å². The SMILES string of the molecule is Cc1ccc(NC(=O)c2ccnc(C(C)(C)F)c2)cc1-c1cc(C2COC2)c(=O)n(C)c1. The molecule has 1 amide bonds. The zero-order valence-electron chi connectivity index (χ0n) is 18.6. The lowest BCUT2D eigenvalue weighted by Gasteiger charge is -2.26. The average molecular weight is 435 g/mol. The normalized spacial score (nSPS) is 14.2. The molecule has 3 heterocycles. The number of ether oxygens (including phenoxy) is 1. The summed E-state index contributed by atoms with van der Waals surface area (Å²) in [7, 11) is 1.74. The molecular weight excluding hydrogens is 409 g/mol. The fraction of sp³-hybridized carbons (Fsp3) is 0.320. The van der Waals surface area contributed by atoms with Crippen molar-refractivity contribution in [3.8, 4) is 11.1 Å². The monoisotopic (exact) mass is 435 g/mol. The number of aromatic nitrogens is 2. The van der Waals surface area contributed by atoms with Crippen LogP contribution < -0.4 is 10.9 Å². The van der Waals surface area contributed by atoms with E-state index in [1.807, 2.05) is 31.2 Å². The van der Waals surface area contributed by atoms with E-state index < -0.39 is 5.67 Å². The third-order valence-corrected chi connectivity index (χ3v) is 5.73. The van der Waals surface area contributed by atoms with Crippen molar-refractivity contribution in [1.29, 1.82) is 0 Å². The Labute approximate surface area is 186 Å². The standard InChI is InChI=1S/C25H26FN3O3/c1-15-5-6-19(28-23(30)16-7-8-27-22(10-16)25(2,3)26)11-20(15)17-9-21(18-13-32-14-18)24(31)29(4)12-17/h5-12,18H,13-14H2,1-4H3,(H,28,30). The number of pyridine rings is 2. The highest BCUT2D eigenvalue weighted by molar-refractivity contribution is 6.04. The molecule has 1 N–H and O–H groups in total. The van der Waals surface area contributed by atoms with Crippen molar-refractivity contribution in [3.05, 3.63) is 81.5 Å². The second-order valence-corrected chi connectivity index (χ2v) is 8.72. The summed E-state index contributed by atoms with van der Waals surface area (Å²) in [6.07, 6.45) is 3.24. The molecule has 6 nitrogen and oxygen atoms in total. The molecule has 1 aromatic carbocycles. The molecule has 1 saturated heterocycles. The second kappa shape index (κ2) is 8.31. The highest BCUT2D eigenvalue weighted by atomic mass is 19.1. The van der Waals surface area contributed by atoms with Crippen LogP contribution in [0.5, 0.6) is 0 Å².